The smallest absolute Gasteiger partial charge is 0.345 e. The highest BCUT2D eigenvalue weighted by molar-refractivity contribution is 5.75. The van der Waals surface area contributed by atoms with Gasteiger partial charge >= 0.3 is 5.97 Å². The second-order valence-electron chi connectivity index (χ2n) is 3.13. The molecule has 0 amide bonds. The molecule has 90 valence electrons. The first-order chi connectivity index (χ1) is 7.63. The molecule has 0 aliphatic rings. The lowest BCUT2D eigenvalue weighted by molar-refractivity contribution is -0.156. The Kier molecular flexibility index (Phi) is 4.45. The molecule has 1 atom stereocenters. The molecule has 1 aromatic heterocycles. The largest absolute Gasteiger partial charge is 0.464 e. The summed E-state index contributed by atoms with van der Waals surface area (Å²) in [4.78, 5) is 15.6. The van der Waals surface area contributed by atoms with Crippen molar-refractivity contribution in [3.8, 4) is 0 Å². The van der Waals surface area contributed by atoms with Crippen LogP contribution in [0.1, 0.15) is 30.4 Å². The molecular weight excluding hydrogens is 212 g/mol. The normalized spacial score (nSPS) is 12.5. The van der Waals surface area contributed by atoms with Crippen molar-refractivity contribution in [2.45, 2.75) is 26.5 Å². The highest BCUT2D eigenvalue weighted by Crippen LogP contribution is 2.20. The average molecular weight is 228 g/mol. The van der Waals surface area contributed by atoms with Gasteiger partial charge in [0.15, 0.2) is 0 Å². The maximum absolute atomic E-state index is 11.5. The summed E-state index contributed by atoms with van der Waals surface area (Å²) >= 11 is 0. The molecule has 0 saturated heterocycles. The van der Waals surface area contributed by atoms with Gasteiger partial charge < -0.3 is 19.6 Å². The predicted octanol–water partition coefficient (Wildman–Crippen LogP) is 0.692. The van der Waals surface area contributed by atoms with Crippen LogP contribution < -0.4 is 5.73 Å². The van der Waals surface area contributed by atoms with E-state index in [9.17, 15) is 4.79 Å². The third kappa shape index (κ3) is 2.59. The number of methoxy groups -OCH3 is 1. The fourth-order valence-corrected chi connectivity index (χ4v) is 1.27. The highest BCUT2D eigenvalue weighted by atomic mass is 16.6. The molecule has 0 saturated carbocycles. The van der Waals surface area contributed by atoms with Gasteiger partial charge in [0.2, 0.25) is 12.0 Å². The minimum absolute atomic E-state index is 0.180. The number of carbonyl (C=O) groups is 1. The Morgan fingerprint density at radius 2 is 2.31 bits per heavy atom. The predicted molar refractivity (Wildman–Crippen MR) is 55.5 cm³/mol. The minimum atomic E-state index is -0.932. The van der Waals surface area contributed by atoms with Crippen molar-refractivity contribution in [1.29, 1.82) is 0 Å². The zero-order valence-corrected chi connectivity index (χ0v) is 9.65. The van der Waals surface area contributed by atoms with E-state index in [1.54, 1.807) is 13.8 Å². The number of ether oxygens (including phenoxy) is 2. The fourth-order valence-electron chi connectivity index (χ4n) is 1.27. The number of nitrogens with two attached hydrogens (primary N) is 1. The van der Waals surface area contributed by atoms with Crippen LogP contribution in [0.3, 0.4) is 0 Å². The zero-order valence-electron chi connectivity index (χ0n) is 9.65. The second-order valence-corrected chi connectivity index (χ2v) is 3.13. The molecule has 0 fully saturated rings. The minimum Gasteiger partial charge on any atom is -0.464 e. The Hall–Kier alpha value is -1.40. The first-order valence-electron chi connectivity index (χ1n) is 4.99. The molecule has 0 aliphatic heterocycles. The van der Waals surface area contributed by atoms with Gasteiger partial charge in [0, 0.05) is 7.11 Å². The molecule has 1 aromatic rings. The van der Waals surface area contributed by atoms with Gasteiger partial charge in [-0.15, -0.1) is 0 Å². The summed E-state index contributed by atoms with van der Waals surface area (Å²) in [5.41, 5.74) is 6.11. The van der Waals surface area contributed by atoms with E-state index in [1.807, 2.05) is 0 Å². The van der Waals surface area contributed by atoms with E-state index in [-0.39, 0.29) is 19.0 Å². The van der Waals surface area contributed by atoms with Crippen LogP contribution in [0.25, 0.3) is 0 Å². The van der Waals surface area contributed by atoms with Gasteiger partial charge in [0.05, 0.1) is 18.8 Å². The van der Waals surface area contributed by atoms with Crippen LogP contribution in [0.5, 0.6) is 0 Å². The maximum Gasteiger partial charge on any atom is 0.345 e. The first kappa shape index (κ1) is 12.7. The van der Waals surface area contributed by atoms with Crippen molar-refractivity contribution in [2.24, 2.45) is 5.73 Å². The molecule has 6 nitrogen and oxygen atoms in total. The number of aromatic nitrogens is 1. The molecule has 16 heavy (non-hydrogen) atoms. The van der Waals surface area contributed by atoms with Crippen LogP contribution in [-0.2, 0) is 20.8 Å². The zero-order chi connectivity index (χ0) is 12.1. The van der Waals surface area contributed by atoms with Crippen molar-refractivity contribution in [1.82, 2.24) is 4.98 Å². The highest BCUT2D eigenvalue weighted by Gasteiger charge is 2.27. The Morgan fingerprint density at radius 3 is 2.75 bits per heavy atom. The molecule has 1 rings (SSSR count). The molecule has 0 spiro atoms. The molecule has 0 radical (unpaired) electrons. The Labute approximate surface area is 93.7 Å². The van der Waals surface area contributed by atoms with Crippen LogP contribution in [-0.4, -0.2) is 24.7 Å². The van der Waals surface area contributed by atoms with Crippen LogP contribution >= 0.6 is 0 Å². The lowest BCUT2D eigenvalue weighted by Crippen LogP contribution is -2.18. The van der Waals surface area contributed by atoms with E-state index in [0.717, 1.165) is 0 Å². The van der Waals surface area contributed by atoms with E-state index in [0.29, 0.717) is 11.5 Å². The van der Waals surface area contributed by atoms with Crippen LogP contribution in [0.2, 0.25) is 0 Å². The van der Waals surface area contributed by atoms with Gasteiger partial charge in [-0.2, -0.15) is 0 Å². The molecule has 0 aliphatic carbocycles. The number of carbonyl (C=O) groups excluding carboxylic acids is 1. The molecule has 0 bridgehead atoms. The summed E-state index contributed by atoms with van der Waals surface area (Å²) in [5, 5.41) is 0. The number of nitrogens with zero attached hydrogens (tertiary/aromatic N) is 1. The summed E-state index contributed by atoms with van der Waals surface area (Å²) in [5.74, 6) is 0.204. The van der Waals surface area contributed by atoms with Crippen molar-refractivity contribution in [3.63, 3.8) is 0 Å². The third-order valence-electron chi connectivity index (χ3n) is 2.06. The number of rotatable bonds is 5. The van der Waals surface area contributed by atoms with Crippen molar-refractivity contribution < 1.29 is 18.7 Å². The average Bonchev–Trinajstić information content (AvgIpc) is 2.61. The number of hydrogen-bond acceptors (Lipinski definition) is 6. The number of oxazole rings is 1. The third-order valence-corrected chi connectivity index (χ3v) is 2.06. The molecule has 0 aromatic carbocycles. The van der Waals surface area contributed by atoms with Gasteiger partial charge in [0.25, 0.3) is 0 Å². The number of aryl methyl sites for hydroxylation is 1. The van der Waals surface area contributed by atoms with Crippen LogP contribution in [0.15, 0.2) is 4.42 Å². The van der Waals surface area contributed by atoms with E-state index in [4.69, 9.17) is 19.6 Å². The topological polar surface area (TPSA) is 87.6 Å². The van der Waals surface area contributed by atoms with E-state index in [1.165, 1.54) is 7.11 Å². The van der Waals surface area contributed by atoms with E-state index < -0.39 is 12.1 Å². The van der Waals surface area contributed by atoms with Gasteiger partial charge in [-0.1, -0.05) is 0 Å². The molecule has 2 N–H and O–H groups in total. The summed E-state index contributed by atoms with van der Waals surface area (Å²) < 4.78 is 15.2. The summed E-state index contributed by atoms with van der Waals surface area (Å²) in [6, 6.07) is 0. The van der Waals surface area contributed by atoms with Crippen molar-refractivity contribution >= 4 is 5.97 Å². The molecule has 1 heterocycles. The quantitative estimate of drug-likeness (QED) is 0.746. The van der Waals surface area contributed by atoms with Crippen LogP contribution in [0.4, 0.5) is 0 Å². The SMILES string of the molecule is CCOC(=O)C(OC)c1nc(C)c(CN)o1. The van der Waals surface area contributed by atoms with E-state index in [2.05, 4.69) is 4.98 Å². The summed E-state index contributed by atoms with van der Waals surface area (Å²) in [7, 11) is 1.39. The molecular formula is C10H16N2O4. The number of hydrogen-bond donors (Lipinski definition) is 1. The lowest BCUT2D eigenvalue weighted by Gasteiger charge is -2.09. The summed E-state index contributed by atoms with van der Waals surface area (Å²) in [6.45, 7) is 3.99. The Balaban J connectivity index is 2.90. The fraction of sp³-hybridized carbons (Fsp3) is 0.600. The maximum atomic E-state index is 11.5. The van der Waals surface area contributed by atoms with Gasteiger partial charge in [-0.3, -0.25) is 0 Å². The second kappa shape index (κ2) is 5.62. The molecule has 1 unspecified atom stereocenters. The van der Waals surface area contributed by atoms with Crippen LogP contribution in [0, 0.1) is 6.92 Å². The number of esters is 1. The van der Waals surface area contributed by atoms with Gasteiger partial charge in [-0.05, 0) is 13.8 Å². The monoisotopic (exact) mass is 228 g/mol. The first-order valence-corrected chi connectivity index (χ1v) is 4.99. The van der Waals surface area contributed by atoms with E-state index >= 15 is 0 Å². The van der Waals surface area contributed by atoms with Crippen molar-refractivity contribution in [2.75, 3.05) is 13.7 Å². The standard InChI is InChI=1S/C10H16N2O4/c1-4-15-10(13)8(14-3)9-12-6(2)7(5-11)16-9/h8H,4-5,11H2,1-3H3. The molecule has 6 heteroatoms. The van der Waals surface area contributed by atoms with Gasteiger partial charge in [-0.25, -0.2) is 9.78 Å². The lowest BCUT2D eigenvalue weighted by atomic mass is 10.3. The Bertz CT molecular complexity index is 362. The Morgan fingerprint density at radius 1 is 1.62 bits per heavy atom. The van der Waals surface area contributed by atoms with Gasteiger partial charge in [0.1, 0.15) is 5.76 Å². The van der Waals surface area contributed by atoms with Crippen molar-refractivity contribution in [3.05, 3.63) is 17.3 Å². The summed E-state index contributed by atoms with van der Waals surface area (Å²) in [6.07, 6.45) is -0.932.